The lowest BCUT2D eigenvalue weighted by Gasteiger charge is -2.34. The molecule has 1 fully saturated rings. The third kappa shape index (κ3) is 4.76. The molecule has 3 N–H and O–H groups in total. The minimum Gasteiger partial charge on any atom is -0.346 e. The van der Waals surface area contributed by atoms with E-state index in [0.29, 0.717) is 17.0 Å². The minimum atomic E-state index is -4.44. The number of hydrogen-bond donors (Lipinski definition) is 3. The Kier molecular flexibility index (Phi) is 5.80. The van der Waals surface area contributed by atoms with Gasteiger partial charge in [-0.2, -0.15) is 13.2 Å². The number of nitrogens with zero attached hydrogens (tertiary/aromatic N) is 2. The molecular formula is C20H22F3N5O2. The maximum Gasteiger partial charge on any atom is 0.416 e. The predicted molar refractivity (Wildman–Crippen MR) is 102 cm³/mol. The van der Waals surface area contributed by atoms with E-state index in [1.165, 1.54) is 18.5 Å². The summed E-state index contributed by atoms with van der Waals surface area (Å²) in [5.41, 5.74) is -0.756. The van der Waals surface area contributed by atoms with Gasteiger partial charge in [0.05, 0.1) is 23.6 Å². The largest absolute Gasteiger partial charge is 0.416 e. The van der Waals surface area contributed by atoms with E-state index >= 15 is 0 Å². The van der Waals surface area contributed by atoms with E-state index in [0.717, 1.165) is 12.1 Å². The smallest absolute Gasteiger partial charge is 0.346 e. The molecule has 0 saturated carbocycles. The molecule has 3 rings (SSSR count). The summed E-state index contributed by atoms with van der Waals surface area (Å²) < 4.78 is 38.8. The Morgan fingerprint density at radius 2 is 1.87 bits per heavy atom. The summed E-state index contributed by atoms with van der Waals surface area (Å²) in [7, 11) is 0. The van der Waals surface area contributed by atoms with Crippen LogP contribution in [0.1, 0.15) is 48.9 Å². The fraction of sp³-hybridized carbons (Fsp3) is 0.400. The number of aryl methyl sites for hydroxylation is 1. The van der Waals surface area contributed by atoms with Gasteiger partial charge in [-0.25, -0.2) is 9.97 Å². The average molecular weight is 421 g/mol. The lowest BCUT2D eigenvalue weighted by atomic mass is 9.88. The molecule has 1 aromatic carbocycles. The molecule has 2 atom stereocenters. The second-order valence-corrected chi connectivity index (χ2v) is 7.67. The molecule has 1 aromatic heterocycles. The Balaban J connectivity index is 1.76. The zero-order chi connectivity index (χ0) is 22.1. The lowest BCUT2D eigenvalue weighted by molar-refractivity contribution is -0.137. The molecule has 2 amide bonds. The molecule has 160 valence electrons. The van der Waals surface area contributed by atoms with Crippen molar-refractivity contribution >= 4 is 11.8 Å². The molecule has 1 saturated heterocycles. The molecule has 10 heteroatoms. The van der Waals surface area contributed by atoms with Crippen LogP contribution in [-0.4, -0.2) is 27.8 Å². The molecule has 2 aromatic rings. The number of carbonyl (C=O) groups is 2. The van der Waals surface area contributed by atoms with Gasteiger partial charge in [-0.1, -0.05) is 6.07 Å². The number of aromatic nitrogens is 2. The van der Waals surface area contributed by atoms with Crippen LogP contribution in [0.2, 0.25) is 0 Å². The van der Waals surface area contributed by atoms with E-state index in [2.05, 4.69) is 25.9 Å². The van der Waals surface area contributed by atoms with Crippen LogP contribution in [0, 0.1) is 6.92 Å². The van der Waals surface area contributed by atoms with E-state index in [9.17, 15) is 22.8 Å². The van der Waals surface area contributed by atoms with Crippen molar-refractivity contribution < 1.29 is 22.8 Å². The van der Waals surface area contributed by atoms with Crippen LogP contribution < -0.4 is 16.0 Å². The van der Waals surface area contributed by atoms with Gasteiger partial charge in [-0.3, -0.25) is 14.9 Å². The monoisotopic (exact) mass is 421 g/mol. The summed E-state index contributed by atoms with van der Waals surface area (Å²) >= 11 is 0. The molecule has 0 aliphatic carbocycles. The third-order valence-electron chi connectivity index (χ3n) is 4.89. The van der Waals surface area contributed by atoms with Crippen molar-refractivity contribution in [1.29, 1.82) is 0 Å². The SMILES string of the molecule is Cc1cc(C(F)(F)F)ccc1C(C)(C)NC(=O)C1CC(=O)NC(c2ncccn2)N1. The molecule has 0 bridgehead atoms. The van der Waals surface area contributed by atoms with Crippen molar-refractivity contribution in [1.82, 2.24) is 25.9 Å². The standard InChI is InChI=1S/C20H22F3N5O2/c1-11-9-12(20(21,22)23)5-6-13(11)19(2,3)28-18(30)14-10-15(29)27-17(26-14)16-24-7-4-8-25-16/h4-9,14,17,26H,10H2,1-3H3,(H,27,29)(H,28,30). The molecule has 30 heavy (non-hydrogen) atoms. The zero-order valence-electron chi connectivity index (χ0n) is 16.7. The number of nitrogens with one attached hydrogen (secondary N) is 3. The Morgan fingerprint density at radius 1 is 1.20 bits per heavy atom. The second kappa shape index (κ2) is 8.02. The van der Waals surface area contributed by atoms with E-state index < -0.39 is 35.4 Å². The van der Waals surface area contributed by atoms with Crippen molar-refractivity contribution in [2.45, 2.75) is 51.1 Å². The first kappa shape index (κ1) is 21.7. The third-order valence-corrected chi connectivity index (χ3v) is 4.89. The quantitative estimate of drug-likeness (QED) is 0.704. The summed E-state index contributed by atoms with van der Waals surface area (Å²) in [6.07, 6.45) is -2.20. The molecule has 0 spiro atoms. The fourth-order valence-electron chi connectivity index (χ4n) is 3.48. The van der Waals surface area contributed by atoms with Crippen molar-refractivity contribution in [3.8, 4) is 0 Å². The lowest BCUT2D eigenvalue weighted by Crippen LogP contribution is -2.58. The van der Waals surface area contributed by atoms with Gasteiger partial charge in [0.2, 0.25) is 11.8 Å². The maximum absolute atomic E-state index is 12.9. The highest BCUT2D eigenvalue weighted by Crippen LogP contribution is 2.33. The molecular weight excluding hydrogens is 399 g/mol. The number of rotatable bonds is 4. The molecule has 1 aliphatic heterocycles. The van der Waals surface area contributed by atoms with Gasteiger partial charge in [0.1, 0.15) is 6.17 Å². The Bertz CT molecular complexity index is 947. The first-order chi connectivity index (χ1) is 14.0. The van der Waals surface area contributed by atoms with Crippen LogP contribution >= 0.6 is 0 Å². The van der Waals surface area contributed by atoms with E-state index in [1.54, 1.807) is 26.8 Å². The summed E-state index contributed by atoms with van der Waals surface area (Å²) in [5.74, 6) is -0.467. The van der Waals surface area contributed by atoms with Gasteiger partial charge < -0.3 is 10.6 Å². The number of carbonyl (C=O) groups excluding carboxylic acids is 2. The van der Waals surface area contributed by atoms with Crippen molar-refractivity contribution in [2.24, 2.45) is 0 Å². The second-order valence-electron chi connectivity index (χ2n) is 7.67. The van der Waals surface area contributed by atoms with Crippen LogP contribution in [0.4, 0.5) is 13.2 Å². The molecule has 2 unspecified atom stereocenters. The highest BCUT2D eigenvalue weighted by molar-refractivity contribution is 5.90. The Labute approximate surface area is 171 Å². The van der Waals surface area contributed by atoms with Crippen LogP contribution in [-0.2, 0) is 21.3 Å². The van der Waals surface area contributed by atoms with Crippen LogP contribution in [0.15, 0.2) is 36.7 Å². The normalized spacial score (nSPS) is 19.9. The van der Waals surface area contributed by atoms with Crippen molar-refractivity contribution in [3.05, 3.63) is 59.2 Å². The van der Waals surface area contributed by atoms with E-state index in [4.69, 9.17) is 0 Å². The zero-order valence-corrected chi connectivity index (χ0v) is 16.7. The summed E-state index contributed by atoms with van der Waals surface area (Å²) in [6.45, 7) is 4.95. The van der Waals surface area contributed by atoms with Gasteiger partial charge >= 0.3 is 6.18 Å². The van der Waals surface area contributed by atoms with Gasteiger partial charge in [0, 0.05) is 12.4 Å². The highest BCUT2D eigenvalue weighted by atomic mass is 19.4. The molecule has 0 radical (unpaired) electrons. The first-order valence-electron chi connectivity index (χ1n) is 9.30. The minimum absolute atomic E-state index is 0.0861. The van der Waals surface area contributed by atoms with Crippen LogP contribution in [0.3, 0.4) is 0 Å². The highest BCUT2D eigenvalue weighted by Gasteiger charge is 2.36. The fourth-order valence-corrected chi connectivity index (χ4v) is 3.48. The van der Waals surface area contributed by atoms with Crippen LogP contribution in [0.25, 0.3) is 0 Å². The van der Waals surface area contributed by atoms with E-state index in [-0.39, 0.29) is 12.3 Å². The number of alkyl halides is 3. The molecule has 7 nitrogen and oxygen atoms in total. The van der Waals surface area contributed by atoms with Crippen molar-refractivity contribution in [3.63, 3.8) is 0 Å². The number of hydrogen-bond acceptors (Lipinski definition) is 5. The van der Waals surface area contributed by atoms with Gasteiger partial charge in [0.25, 0.3) is 0 Å². The number of amides is 2. The van der Waals surface area contributed by atoms with Gasteiger partial charge in [0.15, 0.2) is 5.82 Å². The van der Waals surface area contributed by atoms with Crippen molar-refractivity contribution in [2.75, 3.05) is 0 Å². The van der Waals surface area contributed by atoms with Gasteiger partial charge in [-0.05, 0) is 50.1 Å². The average Bonchev–Trinajstić information content (AvgIpc) is 2.67. The molecule has 2 heterocycles. The number of halogens is 3. The Morgan fingerprint density at radius 3 is 2.47 bits per heavy atom. The van der Waals surface area contributed by atoms with Gasteiger partial charge in [-0.15, -0.1) is 0 Å². The topological polar surface area (TPSA) is 96.0 Å². The summed E-state index contributed by atoms with van der Waals surface area (Å²) in [4.78, 5) is 33.1. The first-order valence-corrected chi connectivity index (χ1v) is 9.30. The summed E-state index contributed by atoms with van der Waals surface area (Å²) in [6, 6.07) is 4.19. The number of benzene rings is 1. The van der Waals surface area contributed by atoms with E-state index in [1.807, 2.05) is 0 Å². The summed E-state index contributed by atoms with van der Waals surface area (Å²) in [5, 5.41) is 8.51. The Hall–Kier alpha value is -3.01. The molecule has 1 aliphatic rings. The predicted octanol–water partition coefficient (Wildman–Crippen LogP) is 2.33. The maximum atomic E-state index is 12.9. The van der Waals surface area contributed by atoms with Crippen LogP contribution in [0.5, 0.6) is 0 Å².